The van der Waals surface area contributed by atoms with Gasteiger partial charge in [0.25, 0.3) is 0 Å². The standard InChI is InChI=1S/C11H19N3O3/c12-11(9(15)16)5-6-14(7-11)10(17)13-8-3-1-2-4-8/h8H,1-7,12H2,(H,13,17)(H,15,16). The number of aliphatic carboxylic acids is 1. The number of hydrogen-bond donors (Lipinski definition) is 3. The van der Waals surface area contributed by atoms with Gasteiger partial charge in [0.15, 0.2) is 0 Å². The van der Waals surface area contributed by atoms with E-state index in [0.717, 1.165) is 25.7 Å². The summed E-state index contributed by atoms with van der Waals surface area (Å²) in [4.78, 5) is 24.3. The van der Waals surface area contributed by atoms with E-state index in [4.69, 9.17) is 10.8 Å². The molecule has 1 heterocycles. The van der Waals surface area contributed by atoms with Crippen molar-refractivity contribution in [2.45, 2.75) is 43.7 Å². The number of rotatable bonds is 2. The molecule has 1 unspecified atom stereocenters. The minimum absolute atomic E-state index is 0.0981. The molecule has 2 aliphatic rings. The topological polar surface area (TPSA) is 95.7 Å². The number of nitrogens with zero attached hydrogens (tertiary/aromatic N) is 1. The van der Waals surface area contributed by atoms with Crippen LogP contribution in [0, 0.1) is 0 Å². The Morgan fingerprint density at radius 3 is 2.53 bits per heavy atom. The fourth-order valence-corrected chi connectivity index (χ4v) is 2.52. The first-order valence-electron chi connectivity index (χ1n) is 6.09. The summed E-state index contributed by atoms with van der Waals surface area (Å²) in [5, 5.41) is 11.9. The van der Waals surface area contributed by atoms with Gasteiger partial charge >= 0.3 is 12.0 Å². The van der Waals surface area contributed by atoms with E-state index in [9.17, 15) is 9.59 Å². The van der Waals surface area contributed by atoms with Crippen LogP contribution in [0.2, 0.25) is 0 Å². The van der Waals surface area contributed by atoms with E-state index in [0.29, 0.717) is 13.0 Å². The van der Waals surface area contributed by atoms with Crippen molar-refractivity contribution >= 4 is 12.0 Å². The van der Waals surface area contributed by atoms with Gasteiger partial charge in [0.2, 0.25) is 0 Å². The number of hydrogen-bond acceptors (Lipinski definition) is 3. The van der Waals surface area contributed by atoms with Crippen LogP contribution in [0.4, 0.5) is 4.79 Å². The van der Waals surface area contributed by atoms with Crippen LogP contribution in [0.5, 0.6) is 0 Å². The van der Waals surface area contributed by atoms with Gasteiger partial charge in [-0.15, -0.1) is 0 Å². The lowest BCUT2D eigenvalue weighted by Gasteiger charge is -2.22. The zero-order valence-corrected chi connectivity index (χ0v) is 9.82. The lowest BCUT2D eigenvalue weighted by atomic mass is 10.0. The highest BCUT2D eigenvalue weighted by Gasteiger charge is 2.43. The minimum Gasteiger partial charge on any atom is -0.480 e. The largest absolute Gasteiger partial charge is 0.480 e. The van der Waals surface area contributed by atoms with Crippen molar-refractivity contribution in [3.63, 3.8) is 0 Å². The van der Waals surface area contributed by atoms with Crippen LogP contribution in [0.25, 0.3) is 0 Å². The molecule has 2 amide bonds. The number of carboxylic acids is 1. The fraction of sp³-hybridized carbons (Fsp3) is 0.818. The third kappa shape index (κ3) is 2.52. The molecule has 0 aromatic rings. The predicted molar refractivity (Wildman–Crippen MR) is 61.5 cm³/mol. The maximum absolute atomic E-state index is 11.9. The van der Waals surface area contributed by atoms with E-state index >= 15 is 0 Å². The molecule has 1 aliphatic carbocycles. The second-order valence-electron chi connectivity index (χ2n) is 5.06. The molecule has 0 radical (unpaired) electrons. The van der Waals surface area contributed by atoms with Crippen LogP contribution in [0.3, 0.4) is 0 Å². The maximum Gasteiger partial charge on any atom is 0.325 e. The van der Waals surface area contributed by atoms with Crippen LogP contribution in [-0.2, 0) is 4.79 Å². The first kappa shape index (κ1) is 12.2. The van der Waals surface area contributed by atoms with Crippen molar-refractivity contribution in [2.24, 2.45) is 5.73 Å². The summed E-state index contributed by atoms with van der Waals surface area (Å²) < 4.78 is 0. The number of carbonyl (C=O) groups excluding carboxylic acids is 1. The smallest absolute Gasteiger partial charge is 0.325 e. The van der Waals surface area contributed by atoms with Gasteiger partial charge in [-0.3, -0.25) is 4.79 Å². The van der Waals surface area contributed by atoms with Crippen LogP contribution in [0.15, 0.2) is 0 Å². The molecule has 17 heavy (non-hydrogen) atoms. The van der Waals surface area contributed by atoms with Crippen molar-refractivity contribution in [2.75, 3.05) is 13.1 Å². The first-order valence-corrected chi connectivity index (χ1v) is 6.09. The molecule has 1 saturated carbocycles. The maximum atomic E-state index is 11.9. The fourth-order valence-electron chi connectivity index (χ4n) is 2.52. The molecule has 2 rings (SSSR count). The predicted octanol–water partition coefficient (Wildman–Crippen LogP) is 0.126. The van der Waals surface area contributed by atoms with Gasteiger partial charge in [0.05, 0.1) is 6.54 Å². The van der Waals surface area contributed by atoms with Crippen molar-refractivity contribution in [1.29, 1.82) is 0 Å². The third-order valence-electron chi connectivity index (χ3n) is 3.70. The third-order valence-corrected chi connectivity index (χ3v) is 3.70. The van der Waals surface area contributed by atoms with E-state index < -0.39 is 11.5 Å². The molecule has 96 valence electrons. The second-order valence-corrected chi connectivity index (χ2v) is 5.06. The van der Waals surface area contributed by atoms with E-state index in [-0.39, 0.29) is 18.6 Å². The number of likely N-dealkylation sites (tertiary alicyclic amines) is 1. The Kier molecular flexibility index (Phi) is 3.24. The van der Waals surface area contributed by atoms with Gasteiger partial charge in [-0.1, -0.05) is 12.8 Å². The summed E-state index contributed by atoms with van der Waals surface area (Å²) in [7, 11) is 0. The van der Waals surface area contributed by atoms with Crippen molar-refractivity contribution in [3.8, 4) is 0 Å². The highest BCUT2D eigenvalue weighted by atomic mass is 16.4. The van der Waals surface area contributed by atoms with E-state index in [2.05, 4.69) is 5.32 Å². The van der Waals surface area contributed by atoms with Crippen LogP contribution in [0.1, 0.15) is 32.1 Å². The molecule has 1 saturated heterocycles. The van der Waals surface area contributed by atoms with E-state index in [1.165, 1.54) is 4.90 Å². The lowest BCUT2D eigenvalue weighted by molar-refractivity contribution is -0.142. The SMILES string of the molecule is NC1(C(=O)O)CCN(C(=O)NC2CCCC2)C1. The normalized spacial score (nSPS) is 29.6. The van der Waals surface area contributed by atoms with Gasteiger partial charge in [-0.05, 0) is 19.3 Å². The Balaban J connectivity index is 1.87. The highest BCUT2D eigenvalue weighted by molar-refractivity contribution is 5.82. The molecule has 6 heteroatoms. The molecular weight excluding hydrogens is 222 g/mol. The van der Waals surface area contributed by atoms with Gasteiger partial charge in [-0.25, -0.2) is 4.79 Å². The molecule has 1 atom stereocenters. The van der Waals surface area contributed by atoms with Crippen molar-refractivity contribution in [3.05, 3.63) is 0 Å². The van der Waals surface area contributed by atoms with Gasteiger partial charge in [0, 0.05) is 12.6 Å². The molecule has 1 aliphatic heterocycles. The van der Waals surface area contributed by atoms with Crippen LogP contribution in [-0.4, -0.2) is 46.7 Å². The van der Waals surface area contributed by atoms with Crippen LogP contribution < -0.4 is 11.1 Å². The van der Waals surface area contributed by atoms with Crippen molar-refractivity contribution < 1.29 is 14.7 Å². The average Bonchev–Trinajstić information content (AvgIpc) is 2.88. The van der Waals surface area contributed by atoms with Crippen molar-refractivity contribution in [1.82, 2.24) is 10.2 Å². The Labute approximate surface area is 100 Å². The zero-order valence-electron chi connectivity index (χ0n) is 9.82. The van der Waals surface area contributed by atoms with E-state index in [1.54, 1.807) is 0 Å². The number of nitrogens with one attached hydrogen (secondary N) is 1. The Morgan fingerprint density at radius 2 is 2.00 bits per heavy atom. The number of carboxylic acid groups (broad SMARTS) is 1. The summed E-state index contributed by atoms with van der Waals surface area (Å²) >= 11 is 0. The number of carbonyl (C=O) groups is 2. The Hall–Kier alpha value is -1.30. The minimum atomic E-state index is -1.27. The molecule has 0 aromatic carbocycles. The van der Waals surface area contributed by atoms with Gasteiger partial charge in [-0.2, -0.15) is 0 Å². The molecule has 4 N–H and O–H groups in total. The monoisotopic (exact) mass is 241 g/mol. The summed E-state index contributed by atoms with van der Waals surface area (Å²) in [5.41, 5.74) is 4.45. The van der Waals surface area contributed by atoms with Gasteiger partial charge < -0.3 is 21.1 Å². The summed E-state index contributed by atoms with van der Waals surface area (Å²) in [6.45, 7) is 0.516. The summed E-state index contributed by atoms with van der Waals surface area (Å²) in [5.74, 6) is -1.03. The highest BCUT2D eigenvalue weighted by Crippen LogP contribution is 2.21. The average molecular weight is 241 g/mol. The molecule has 0 spiro atoms. The number of nitrogens with two attached hydrogens (primary N) is 1. The molecule has 2 fully saturated rings. The number of amides is 2. The zero-order chi connectivity index (χ0) is 12.5. The Bertz CT molecular complexity index is 328. The molecule has 0 aromatic heterocycles. The Morgan fingerprint density at radius 1 is 1.35 bits per heavy atom. The van der Waals surface area contributed by atoms with Crippen LogP contribution >= 0.6 is 0 Å². The molecular formula is C11H19N3O3. The summed E-state index contributed by atoms with van der Waals surface area (Å²) in [6.07, 6.45) is 4.67. The summed E-state index contributed by atoms with van der Waals surface area (Å²) in [6, 6.07) is 0.0746. The second kappa shape index (κ2) is 4.52. The van der Waals surface area contributed by atoms with E-state index in [1.807, 2.05) is 0 Å². The molecule has 0 bridgehead atoms. The number of urea groups is 1. The first-order chi connectivity index (χ1) is 8.01. The quantitative estimate of drug-likeness (QED) is 0.640. The molecule has 6 nitrogen and oxygen atoms in total. The van der Waals surface area contributed by atoms with Gasteiger partial charge in [0.1, 0.15) is 5.54 Å². The lowest BCUT2D eigenvalue weighted by Crippen LogP contribution is -2.52.